The molecule has 0 unspecified atom stereocenters. The Morgan fingerprint density at radius 3 is 2.66 bits per heavy atom. The Balaban J connectivity index is 1.61. The van der Waals surface area contributed by atoms with Crippen LogP contribution in [-0.4, -0.2) is 47.7 Å². The van der Waals surface area contributed by atoms with E-state index in [2.05, 4.69) is 10.1 Å². The van der Waals surface area contributed by atoms with Gasteiger partial charge in [0.05, 0.1) is 28.5 Å². The zero-order chi connectivity index (χ0) is 22.7. The van der Waals surface area contributed by atoms with Crippen molar-refractivity contribution >= 4 is 28.4 Å². The van der Waals surface area contributed by atoms with Crippen LogP contribution in [0.2, 0.25) is 0 Å². The van der Waals surface area contributed by atoms with E-state index in [4.69, 9.17) is 10.8 Å². The van der Waals surface area contributed by atoms with Gasteiger partial charge in [-0.1, -0.05) is 0 Å². The van der Waals surface area contributed by atoms with Gasteiger partial charge in [-0.25, -0.2) is 13.6 Å². The molecule has 0 amide bonds. The van der Waals surface area contributed by atoms with Crippen molar-refractivity contribution in [2.45, 2.75) is 50.9 Å². The summed E-state index contributed by atoms with van der Waals surface area (Å²) in [7, 11) is 0. The van der Waals surface area contributed by atoms with Gasteiger partial charge in [0.25, 0.3) is 0 Å². The molecular formula is C22H26F2N4O4. The number of halogens is 2. The fraction of sp³-hybridized carbons (Fsp3) is 0.545. The van der Waals surface area contributed by atoms with Crippen LogP contribution in [0.3, 0.4) is 0 Å². The maximum Gasteiger partial charge on any atom is 0.511 e. The molecule has 1 aromatic heterocycles. The highest BCUT2D eigenvalue weighted by Gasteiger charge is 2.38. The fourth-order valence-electron chi connectivity index (χ4n) is 4.75. The summed E-state index contributed by atoms with van der Waals surface area (Å²) >= 11 is 0. The number of fused-ring (bicyclic) bond motifs is 1. The molecule has 1 aromatic carbocycles. The maximum absolute atomic E-state index is 15.5. The third kappa shape index (κ3) is 3.56. The predicted molar refractivity (Wildman–Crippen MR) is 116 cm³/mol. The number of aromatic nitrogens is 1. The van der Waals surface area contributed by atoms with E-state index in [1.54, 1.807) is 16.4 Å². The molecule has 2 aliphatic carbocycles. The molecule has 1 aliphatic heterocycles. The second kappa shape index (κ2) is 7.61. The SMILES string of the molecule is Cc1c(N2C[C@H](CNC3CC3)[C@H](F)C2)c(F)c(N)c2c(=O)c(OC(=O)O)cn(C3CC3)c12. The van der Waals surface area contributed by atoms with Crippen molar-refractivity contribution < 1.29 is 23.4 Å². The van der Waals surface area contributed by atoms with Crippen molar-refractivity contribution in [3.05, 3.63) is 27.8 Å². The van der Waals surface area contributed by atoms with Crippen molar-refractivity contribution in [1.29, 1.82) is 0 Å². The van der Waals surface area contributed by atoms with Crippen molar-refractivity contribution in [3.8, 4) is 5.75 Å². The second-order valence-corrected chi connectivity index (χ2v) is 9.12. The quantitative estimate of drug-likeness (QED) is 0.460. The lowest BCUT2D eigenvalue weighted by Gasteiger charge is -2.25. The summed E-state index contributed by atoms with van der Waals surface area (Å²) in [5.74, 6) is -1.46. The van der Waals surface area contributed by atoms with Crippen LogP contribution >= 0.6 is 0 Å². The number of nitrogen functional groups attached to an aromatic ring is 1. The number of nitrogens with zero attached hydrogens (tertiary/aromatic N) is 2. The molecule has 32 heavy (non-hydrogen) atoms. The molecule has 8 nitrogen and oxygen atoms in total. The topological polar surface area (TPSA) is 110 Å². The van der Waals surface area contributed by atoms with E-state index in [0.717, 1.165) is 25.7 Å². The molecule has 2 atom stereocenters. The summed E-state index contributed by atoms with van der Waals surface area (Å²) in [5.41, 5.74) is 6.08. The lowest BCUT2D eigenvalue weighted by Crippen LogP contribution is -2.30. The van der Waals surface area contributed by atoms with E-state index in [-0.39, 0.29) is 35.3 Å². The highest BCUT2D eigenvalue weighted by atomic mass is 19.1. The Labute approximate surface area is 182 Å². The minimum atomic E-state index is -1.63. The molecular weight excluding hydrogens is 422 g/mol. The molecule has 0 bridgehead atoms. The maximum atomic E-state index is 15.5. The summed E-state index contributed by atoms with van der Waals surface area (Å²) in [6.07, 6.45) is 2.50. The van der Waals surface area contributed by atoms with Crippen LogP contribution in [0.15, 0.2) is 11.0 Å². The number of nitrogens with one attached hydrogen (secondary N) is 1. The summed E-state index contributed by atoms with van der Waals surface area (Å²) in [6.45, 7) is 2.62. The first-order chi connectivity index (χ1) is 15.3. The first-order valence-corrected chi connectivity index (χ1v) is 11.0. The Hall–Kier alpha value is -2.88. The van der Waals surface area contributed by atoms with Crippen molar-refractivity contribution in [1.82, 2.24) is 9.88 Å². The van der Waals surface area contributed by atoms with Gasteiger partial charge in [0.1, 0.15) is 6.17 Å². The van der Waals surface area contributed by atoms with E-state index in [1.807, 2.05) is 0 Å². The number of hydrogen-bond donors (Lipinski definition) is 3. The second-order valence-electron chi connectivity index (χ2n) is 9.12. The highest BCUT2D eigenvalue weighted by molar-refractivity contribution is 5.98. The zero-order valence-corrected chi connectivity index (χ0v) is 17.7. The van der Waals surface area contributed by atoms with E-state index in [0.29, 0.717) is 30.2 Å². The van der Waals surface area contributed by atoms with Crippen LogP contribution in [0.1, 0.15) is 37.3 Å². The molecule has 0 radical (unpaired) electrons. The van der Waals surface area contributed by atoms with Crippen LogP contribution < -0.4 is 26.1 Å². The summed E-state index contributed by atoms with van der Waals surface area (Å²) in [6, 6.07) is 0.495. The van der Waals surface area contributed by atoms with Crippen LogP contribution in [-0.2, 0) is 0 Å². The van der Waals surface area contributed by atoms with Crippen LogP contribution in [0.25, 0.3) is 10.9 Å². The van der Waals surface area contributed by atoms with Gasteiger partial charge in [0, 0.05) is 37.6 Å². The number of anilines is 2. The Morgan fingerprint density at radius 1 is 1.31 bits per heavy atom. The molecule has 3 fully saturated rings. The average molecular weight is 448 g/mol. The normalized spacial score (nSPS) is 23.2. The Kier molecular flexibility index (Phi) is 4.99. The standard InChI is InChI=1S/C22H26F2N4O4/c1-10-19-16(21(29)15(32-22(30)31)9-28(19)13-4-5-13)18(25)17(24)20(10)27-7-11(14(23)8-27)6-26-12-2-3-12/h9,11-14,26H,2-8,25H2,1H3,(H,30,31)/t11-,14+/m0/s1. The van der Waals surface area contributed by atoms with E-state index >= 15 is 4.39 Å². The molecule has 2 heterocycles. The number of rotatable bonds is 6. The number of pyridine rings is 1. The fourth-order valence-corrected chi connectivity index (χ4v) is 4.75. The van der Waals surface area contributed by atoms with E-state index in [9.17, 15) is 14.0 Å². The van der Waals surface area contributed by atoms with E-state index < -0.39 is 29.3 Å². The minimum Gasteiger partial charge on any atom is -0.449 e. The first kappa shape index (κ1) is 21.0. The highest BCUT2D eigenvalue weighted by Crippen LogP contribution is 2.43. The molecule has 1 saturated heterocycles. The van der Waals surface area contributed by atoms with Gasteiger partial charge in [0.15, 0.2) is 11.6 Å². The van der Waals surface area contributed by atoms with Gasteiger partial charge in [-0.2, -0.15) is 0 Å². The Bertz CT molecular complexity index is 1160. The number of carbonyl (C=O) groups is 1. The van der Waals surface area contributed by atoms with Crippen molar-refractivity contribution in [2.24, 2.45) is 5.92 Å². The number of hydrogen-bond acceptors (Lipinski definition) is 6. The molecule has 2 saturated carbocycles. The molecule has 0 spiro atoms. The van der Waals surface area contributed by atoms with E-state index in [1.165, 1.54) is 6.20 Å². The molecule has 4 N–H and O–H groups in total. The third-order valence-corrected chi connectivity index (χ3v) is 6.69. The van der Waals surface area contributed by atoms with Crippen LogP contribution in [0.4, 0.5) is 25.0 Å². The lowest BCUT2D eigenvalue weighted by molar-refractivity contribution is 0.143. The largest absolute Gasteiger partial charge is 0.511 e. The smallest absolute Gasteiger partial charge is 0.449 e. The van der Waals surface area contributed by atoms with Crippen LogP contribution in [0.5, 0.6) is 5.75 Å². The predicted octanol–water partition coefficient (Wildman–Crippen LogP) is 2.95. The summed E-state index contributed by atoms with van der Waals surface area (Å²) < 4.78 is 36.7. The van der Waals surface area contributed by atoms with Gasteiger partial charge in [0.2, 0.25) is 5.43 Å². The van der Waals surface area contributed by atoms with Crippen molar-refractivity contribution in [2.75, 3.05) is 30.3 Å². The van der Waals surface area contributed by atoms with Gasteiger partial charge in [-0.05, 0) is 38.2 Å². The summed E-state index contributed by atoms with van der Waals surface area (Å²) in [5, 5.41) is 12.2. The summed E-state index contributed by atoms with van der Waals surface area (Å²) in [4.78, 5) is 25.7. The van der Waals surface area contributed by atoms with Gasteiger partial charge in [-0.15, -0.1) is 0 Å². The number of aryl methyl sites for hydroxylation is 1. The molecule has 5 rings (SSSR count). The molecule has 10 heteroatoms. The van der Waals surface area contributed by atoms with Gasteiger partial charge < -0.3 is 30.4 Å². The number of nitrogens with two attached hydrogens (primary N) is 1. The molecule has 172 valence electrons. The number of carboxylic acid groups (broad SMARTS) is 1. The molecule has 2 aromatic rings. The number of alkyl halides is 1. The molecule has 3 aliphatic rings. The number of benzene rings is 1. The average Bonchev–Trinajstić information content (AvgIpc) is 3.65. The lowest BCUT2D eigenvalue weighted by atomic mass is 10.0. The van der Waals surface area contributed by atoms with Crippen LogP contribution in [0, 0.1) is 18.7 Å². The van der Waals surface area contributed by atoms with Gasteiger partial charge in [-0.3, -0.25) is 4.79 Å². The third-order valence-electron chi connectivity index (χ3n) is 6.69. The monoisotopic (exact) mass is 448 g/mol. The zero-order valence-electron chi connectivity index (χ0n) is 17.7. The first-order valence-electron chi connectivity index (χ1n) is 11.0. The Morgan fingerprint density at radius 2 is 2.03 bits per heavy atom. The number of ether oxygens (including phenoxy) is 1. The van der Waals surface area contributed by atoms with Gasteiger partial charge >= 0.3 is 6.16 Å². The minimum absolute atomic E-state index is 0.0358. The van der Waals surface area contributed by atoms with Crippen molar-refractivity contribution in [3.63, 3.8) is 0 Å².